The number of hydrogen-bond acceptors (Lipinski definition) is 4. The van der Waals surface area contributed by atoms with Crippen LogP contribution in [0.4, 0.5) is 5.69 Å². The number of aromatic carboxylic acids is 1. The molecule has 21 heavy (non-hydrogen) atoms. The van der Waals surface area contributed by atoms with Crippen LogP contribution >= 0.6 is 0 Å². The molecule has 0 bridgehead atoms. The molecular formula is C15H14N2O4. The summed E-state index contributed by atoms with van der Waals surface area (Å²) in [7, 11) is 1.46. The van der Waals surface area contributed by atoms with Gasteiger partial charge in [-0.15, -0.1) is 0 Å². The van der Waals surface area contributed by atoms with Crippen LogP contribution in [0.15, 0.2) is 36.4 Å². The summed E-state index contributed by atoms with van der Waals surface area (Å²) < 4.78 is 5.08. The average molecular weight is 286 g/mol. The number of carbonyl (C=O) groups is 2. The molecule has 0 spiro atoms. The monoisotopic (exact) mass is 286 g/mol. The Morgan fingerprint density at radius 1 is 1.19 bits per heavy atom. The molecule has 0 fully saturated rings. The van der Waals surface area contributed by atoms with Crippen molar-refractivity contribution in [1.29, 1.82) is 0 Å². The third-order valence-corrected chi connectivity index (χ3v) is 2.75. The number of anilines is 1. The molecule has 0 saturated carbocycles. The van der Waals surface area contributed by atoms with Crippen LogP contribution in [-0.2, 0) is 4.79 Å². The van der Waals surface area contributed by atoms with Crippen LogP contribution < -0.4 is 10.1 Å². The molecule has 0 aliphatic carbocycles. The second kappa shape index (κ2) is 6.04. The Bertz CT molecular complexity index is 681. The van der Waals surface area contributed by atoms with Crippen molar-refractivity contribution < 1.29 is 19.4 Å². The van der Waals surface area contributed by atoms with Gasteiger partial charge in [0.25, 0.3) is 0 Å². The average Bonchev–Trinajstić information content (AvgIpc) is 2.46. The van der Waals surface area contributed by atoms with E-state index in [1.165, 1.54) is 20.1 Å². The fraction of sp³-hybridized carbons (Fsp3) is 0.133. The fourth-order valence-corrected chi connectivity index (χ4v) is 1.81. The van der Waals surface area contributed by atoms with Gasteiger partial charge in [0.2, 0.25) is 5.91 Å². The lowest BCUT2D eigenvalue weighted by Crippen LogP contribution is -2.05. The first-order valence-corrected chi connectivity index (χ1v) is 6.17. The second-order valence-electron chi connectivity index (χ2n) is 4.34. The predicted octanol–water partition coefficient (Wildman–Crippen LogP) is 2.41. The van der Waals surface area contributed by atoms with E-state index in [9.17, 15) is 9.59 Å². The molecule has 0 unspecified atom stereocenters. The first-order chi connectivity index (χ1) is 9.99. The van der Waals surface area contributed by atoms with Crippen LogP contribution in [0.2, 0.25) is 0 Å². The van der Waals surface area contributed by atoms with Crippen molar-refractivity contribution in [2.24, 2.45) is 0 Å². The number of carboxylic acids is 1. The molecule has 1 aromatic carbocycles. The zero-order valence-electron chi connectivity index (χ0n) is 11.6. The summed E-state index contributed by atoms with van der Waals surface area (Å²) in [6.45, 7) is 1.43. The van der Waals surface area contributed by atoms with Crippen LogP contribution in [0.1, 0.15) is 17.4 Å². The van der Waals surface area contributed by atoms with Gasteiger partial charge in [0.1, 0.15) is 5.75 Å². The number of amides is 1. The standard InChI is InChI=1S/C15H14N2O4/c1-9(18)16-11-5-3-10(4-6-11)13-7-12(21-2)8-14(17-13)15(19)20/h3-8H,1-2H3,(H,16,18)(H,19,20). The smallest absolute Gasteiger partial charge is 0.354 e. The number of nitrogens with zero attached hydrogens (tertiary/aromatic N) is 1. The molecule has 0 aliphatic heterocycles. The highest BCUT2D eigenvalue weighted by atomic mass is 16.5. The first kappa shape index (κ1) is 14.5. The largest absolute Gasteiger partial charge is 0.497 e. The van der Waals surface area contributed by atoms with E-state index in [1.54, 1.807) is 30.3 Å². The van der Waals surface area contributed by atoms with E-state index in [1.807, 2.05) is 0 Å². The van der Waals surface area contributed by atoms with E-state index in [0.717, 1.165) is 5.56 Å². The third-order valence-electron chi connectivity index (χ3n) is 2.75. The van der Waals surface area contributed by atoms with Crippen molar-refractivity contribution in [2.45, 2.75) is 6.92 Å². The van der Waals surface area contributed by atoms with Gasteiger partial charge in [-0.1, -0.05) is 12.1 Å². The van der Waals surface area contributed by atoms with Gasteiger partial charge in [0, 0.05) is 30.3 Å². The van der Waals surface area contributed by atoms with Gasteiger partial charge in [-0.3, -0.25) is 4.79 Å². The minimum Gasteiger partial charge on any atom is -0.497 e. The highest BCUT2D eigenvalue weighted by Crippen LogP contribution is 2.24. The normalized spacial score (nSPS) is 10.0. The number of carboxylic acid groups (broad SMARTS) is 1. The lowest BCUT2D eigenvalue weighted by atomic mass is 10.1. The zero-order valence-corrected chi connectivity index (χ0v) is 11.6. The van der Waals surface area contributed by atoms with Gasteiger partial charge >= 0.3 is 5.97 Å². The highest BCUT2D eigenvalue weighted by Gasteiger charge is 2.10. The highest BCUT2D eigenvalue weighted by molar-refractivity contribution is 5.89. The molecule has 0 aliphatic rings. The predicted molar refractivity (Wildman–Crippen MR) is 77.5 cm³/mol. The second-order valence-corrected chi connectivity index (χ2v) is 4.34. The number of hydrogen-bond donors (Lipinski definition) is 2. The molecule has 1 heterocycles. The molecule has 2 rings (SSSR count). The van der Waals surface area contributed by atoms with Gasteiger partial charge in [-0.25, -0.2) is 9.78 Å². The Morgan fingerprint density at radius 3 is 2.38 bits per heavy atom. The van der Waals surface area contributed by atoms with Crippen LogP contribution in [0, 0.1) is 0 Å². The number of benzene rings is 1. The van der Waals surface area contributed by atoms with E-state index in [2.05, 4.69) is 10.3 Å². The van der Waals surface area contributed by atoms with Crippen molar-refractivity contribution in [1.82, 2.24) is 4.98 Å². The minimum atomic E-state index is -1.12. The number of ether oxygens (including phenoxy) is 1. The molecule has 2 N–H and O–H groups in total. The van der Waals surface area contributed by atoms with Crippen LogP contribution in [0.3, 0.4) is 0 Å². The first-order valence-electron chi connectivity index (χ1n) is 6.17. The molecule has 108 valence electrons. The Labute approximate surface area is 121 Å². The Morgan fingerprint density at radius 2 is 1.86 bits per heavy atom. The molecule has 6 heteroatoms. The summed E-state index contributed by atoms with van der Waals surface area (Å²) in [5, 5.41) is 11.7. The summed E-state index contributed by atoms with van der Waals surface area (Å²) in [5.41, 5.74) is 1.79. The molecular weight excluding hydrogens is 272 g/mol. The summed E-state index contributed by atoms with van der Waals surface area (Å²) in [5.74, 6) is -0.858. The Balaban J connectivity index is 2.38. The number of nitrogens with one attached hydrogen (secondary N) is 1. The molecule has 0 saturated heterocycles. The Kier molecular flexibility index (Phi) is 4.18. The fourth-order valence-electron chi connectivity index (χ4n) is 1.81. The maximum atomic E-state index is 11.1. The van der Waals surface area contributed by atoms with Crippen LogP contribution in [-0.4, -0.2) is 29.1 Å². The summed E-state index contributed by atoms with van der Waals surface area (Å²) in [4.78, 5) is 26.1. The van der Waals surface area contributed by atoms with Crippen molar-refractivity contribution >= 4 is 17.6 Å². The van der Waals surface area contributed by atoms with E-state index in [0.29, 0.717) is 17.1 Å². The van der Waals surface area contributed by atoms with Crippen molar-refractivity contribution in [3.8, 4) is 17.0 Å². The number of methoxy groups -OCH3 is 1. The maximum Gasteiger partial charge on any atom is 0.354 e. The molecule has 2 aromatic rings. The Hall–Kier alpha value is -2.89. The number of rotatable bonds is 4. The summed E-state index contributed by atoms with van der Waals surface area (Å²) >= 11 is 0. The van der Waals surface area contributed by atoms with E-state index in [-0.39, 0.29) is 11.6 Å². The zero-order chi connectivity index (χ0) is 15.4. The van der Waals surface area contributed by atoms with E-state index in [4.69, 9.17) is 9.84 Å². The summed E-state index contributed by atoms with van der Waals surface area (Å²) in [6, 6.07) is 9.95. The maximum absolute atomic E-state index is 11.1. The molecule has 0 radical (unpaired) electrons. The molecule has 0 atom stereocenters. The number of carbonyl (C=O) groups excluding carboxylic acids is 1. The quantitative estimate of drug-likeness (QED) is 0.901. The molecule has 1 aromatic heterocycles. The number of aromatic nitrogens is 1. The van der Waals surface area contributed by atoms with Crippen molar-refractivity contribution in [3.63, 3.8) is 0 Å². The lowest BCUT2D eigenvalue weighted by Gasteiger charge is -2.07. The van der Waals surface area contributed by atoms with Crippen LogP contribution in [0.25, 0.3) is 11.3 Å². The molecule has 6 nitrogen and oxygen atoms in total. The summed E-state index contributed by atoms with van der Waals surface area (Å²) in [6.07, 6.45) is 0. The van der Waals surface area contributed by atoms with E-state index < -0.39 is 5.97 Å². The van der Waals surface area contributed by atoms with E-state index >= 15 is 0 Å². The SMILES string of the molecule is COc1cc(C(=O)O)nc(-c2ccc(NC(C)=O)cc2)c1. The van der Waals surface area contributed by atoms with Gasteiger partial charge in [-0.2, -0.15) is 0 Å². The third kappa shape index (κ3) is 3.56. The van der Waals surface area contributed by atoms with Crippen LogP contribution in [0.5, 0.6) is 5.75 Å². The lowest BCUT2D eigenvalue weighted by molar-refractivity contribution is -0.114. The minimum absolute atomic E-state index is 0.0877. The topological polar surface area (TPSA) is 88.5 Å². The molecule has 1 amide bonds. The van der Waals surface area contributed by atoms with Crippen molar-refractivity contribution in [2.75, 3.05) is 12.4 Å². The van der Waals surface area contributed by atoms with Gasteiger partial charge in [-0.05, 0) is 12.1 Å². The van der Waals surface area contributed by atoms with Gasteiger partial charge < -0.3 is 15.2 Å². The van der Waals surface area contributed by atoms with Gasteiger partial charge in [0.15, 0.2) is 5.69 Å². The van der Waals surface area contributed by atoms with Gasteiger partial charge in [0.05, 0.1) is 12.8 Å². The number of pyridine rings is 1. The van der Waals surface area contributed by atoms with Crippen molar-refractivity contribution in [3.05, 3.63) is 42.1 Å².